The molecule has 2 rings (SSSR count). The topological polar surface area (TPSA) is 78.5 Å². The fourth-order valence-corrected chi connectivity index (χ4v) is 4.56. The fraction of sp³-hybridized carbons (Fsp3) is 0.588. The Bertz CT molecular complexity index is 655. The lowest BCUT2D eigenvalue weighted by molar-refractivity contribution is 0.252. The molecule has 1 aromatic rings. The molecule has 0 bridgehead atoms. The number of nitrogens with one attached hydrogen (secondary N) is 2. The van der Waals surface area contributed by atoms with Gasteiger partial charge in [-0.05, 0) is 31.4 Å². The van der Waals surface area contributed by atoms with Crippen LogP contribution in [0.4, 0.5) is 10.5 Å². The Morgan fingerprint density at radius 2 is 1.88 bits per heavy atom. The van der Waals surface area contributed by atoms with Gasteiger partial charge in [0.15, 0.2) is 0 Å². The lowest BCUT2D eigenvalue weighted by atomic mass is 9.96. The zero-order chi connectivity index (χ0) is 17.6. The number of anilines is 1. The lowest BCUT2D eigenvalue weighted by Gasteiger charge is -2.30. The maximum atomic E-state index is 13.0. The largest absolute Gasteiger partial charge is 0.338 e. The van der Waals surface area contributed by atoms with Gasteiger partial charge in [0.05, 0.1) is 5.69 Å². The van der Waals surface area contributed by atoms with Crippen molar-refractivity contribution in [3.8, 4) is 0 Å². The monoisotopic (exact) mass is 353 g/mol. The van der Waals surface area contributed by atoms with E-state index in [-0.39, 0.29) is 17.0 Å². The maximum Gasteiger partial charge on any atom is 0.319 e. The number of para-hydroxylation sites is 1. The van der Waals surface area contributed by atoms with Crippen molar-refractivity contribution < 1.29 is 13.2 Å². The van der Waals surface area contributed by atoms with Crippen molar-refractivity contribution in [2.24, 2.45) is 0 Å². The number of hydrogen-bond acceptors (Lipinski definition) is 3. The normalized spacial score (nSPS) is 16.1. The minimum absolute atomic E-state index is 0.0331. The van der Waals surface area contributed by atoms with Crippen LogP contribution in [0.3, 0.4) is 0 Å². The number of benzene rings is 1. The van der Waals surface area contributed by atoms with Crippen LogP contribution in [0.15, 0.2) is 29.2 Å². The summed E-state index contributed by atoms with van der Waals surface area (Å²) in [5, 5.41) is 5.35. The Morgan fingerprint density at radius 3 is 2.54 bits per heavy atom. The van der Waals surface area contributed by atoms with Crippen molar-refractivity contribution in [2.45, 2.75) is 56.4 Å². The molecule has 0 radical (unpaired) electrons. The molecule has 0 unspecified atom stereocenters. The van der Waals surface area contributed by atoms with Gasteiger partial charge in [-0.3, -0.25) is 0 Å². The highest BCUT2D eigenvalue weighted by molar-refractivity contribution is 7.89. The summed E-state index contributed by atoms with van der Waals surface area (Å²) < 4.78 is 27.5. The van der Waals surface area contributed by atoms with Gasteiger partial charge in [-0.25, -0.2) is 13.2 Å². The van der Waals surface area contributed by atoms with E-state index in [0.29, 0.717) is 12.2 Å². The Balaban J connectivity index is 2.21. The third kappa shape index (κ3) is 4.48. The molecule has 0 heterocycles. The van der Waals surface area contributed by atoms with Crippen LogP contribution in [-0.4, -0.2) is 38.4 Å². The number of amides is 2. The van der Waals surface area contributed by atoms with Crippen molar-refractivity contribution in [1.29, 1.82) is 0 Å². The molecule has 134 valence electrons. The molecule has 24 heavy (non-hydrogen) atoms. The average molecular weight is 353 g/mol. The van der Waals surface area contributed by atoms with E-state index >= 15 is 0 Å². The van der Waals surface area contributed by atoms with Gasteiger partial charge in [0.1, 0.15) is 4.90 Å². The van der Waals surface area contributed by atoms with Crippen molar-refractivity contribution in [1.82, 2.24) is 9.62 Å². The van der Waals surface area contributed by atoms with Crippen molar-refractivity contribution in [3.63, 3.8) is 0 Å². The SMILES string of the molecule is CCCNC(=O)Nc1ccccc1S(=O)(=O)N(C)C1CCCCC1. The van der Waals surface area contributed by atoms with Gasteiger partial charge in [0.2, 0.25) is 10.0 Å². The minimum atomic E-state index is -3.64. The second-order valence-electron chi connectivity index (χ2n) is 6.19. The molecule has 0 aromatic heterocycles. The van der Waals surface area contributed by atoms with E-state index in [2.05, 4.69) is 10.6 Å². The summed E-state index contributed by atoms with van der Waals surface area (Å²) in [6.07, 6.45) is 5.89. The summed E-state index contributed by atoms with van der Waals surface area (Å²) in [6.45, 7) is 2.50. The van der Waals surface area contributed by atoms with Crippen LogP contribution in [0.2, 0.25) is 0 Å². The van der Waals surface area contributed by atoms with E-state index in [1.807, 2.05) is 6.92 Å². The van der Waals surface area contributed by atoms with Crippen LogP contribution in [-0.2, 0) is 10.0 Å². The molecule has 1 fully saturated rings. The van der Waals surface area contributed by atoms with Gasteiger partial charge in [0, 0.05) is 19.6 Å². The van der Waals surface area contributed by atoms with E-state index in [4.69, 9.17) is 0 Å². The highest BCUT2D eigenvalue weighted by Crippen LogP contribution is 2.29. The standard InChI is InChI=1S/C17H27N3O3S/c1-3-13-18-17(21)19-15-11-7-8-12-16(15)24(22,23)20(2)14-9-5-4-6-10-14/h7-8,11-12,14H,3-6,9-10,13H2,1-2H3,(H2,18,19,21). The molecule has 1 aliphatic carbocycles. The van der Waals surface area contributed by atoms with Crippen LogP contribution < -0.4 is 10.6 Å². The molecule has 6 nitrogen and oxygen atoms in total. The number of nitrogens with zero attached hydrogens (tertiary/aromatic N) is 1. The number of hydrogen-bond donors (Lipinski definition) is 2. The summed E-state index contributed by atoms with van der Waals surface area (Å²) in [5.74, 6) is 0. The van der Waals surface area contributed by atoms with Gasteiger partial charge in [-0.2, -0.15) is 4.31 Å². The zero-order valence-corrected chi connectivity index (χ0v) is 15.2. The fourth-order valence-electron chi connectivity index (χ4n) is 3.00. The first-order valence-electron chi connectivity index (χ1n) is 8.58. The number of rotatable bonds is 6. The smallest absolute Gasteiger partial charge is 0.319 e. The molecule has 1 aliphatic rings. The van der Waals surface area contributed by atoms with Crippen molar-refractivity contribution >= 4 is 21.7 Å². The van der Waals surface area contributed by atoms with Crippen molar-refractivity contribution in [2.75, 3.05) is 18.9 Å². The molecule has 0 atom stereocenters. The summed E-state index contributed by atoms with van der Waals surface area (Å²) in [5.41, 5.74) is 0.314. The maximum absolute atomic E-state index is 13.0. The Hall–Kier alpha value is -1.60. The van der Waals surface area contributed by atoms with E-state index in [0.717, 1.165) is 32.1 Å². The lowest BCUT2D eigenvalue weighted by Crippen LogP contribution is -2.38. The average Bonchev–Trinajstić information content (AvgIpc) is 2.60. The quantitative estimate of drug-likeness (QED) is 0.824. The van der Waals surface area contributed by atoms with Gasteiger partial charge >= 0.3 is 6.03 Å². The highest BCUT2D eigenvalue weighted by Gasteiger charge is 2.30. The Labute approximate surface area is 144 Å². The van der Waals surface area contributed by atoms with Crippen LogP contribution in [0.1, 0.15) is 45.4 Å². The Kier molecular flexibility index (Phi) is 6.62. The molecule has 2 N–H and O–H groups in total. The highest BCUT2D eigenvalue weighted by atomic mass is 32.2. The van der Waals surface area contributed by atoms with Gasteiger partial charge < -0.3 is 10.6 Å². The molecule has 0 spiro atoms. The molecular weight excluding hydrogens is 326 g/mol. The molecule has 0 aliphatic heterocycles. The van der Waals surface area contributed by atoms with Crippen LogP contribution in [0.5, 0.6) is 0 Å². The molecular formula is C17H27N3O3S. The van der Waals surface area contributed by atoms with E-state index in [9.17, 15) is 13.2 Å². The zero-order valence-electron chi connectivity index (χ0n) is 14.4. The Morgan fingerprint density at radius 1 is 1.21 bits per heavy atom. The first-order chi connectivity index (χ1) is 11.5. The second-order valence-corrected chi connectivity index (χ2v) is 8.16. The molecule has 2 amide bonds. The predicted molar refractivity (Wildman–Crippen MR) is 95.6 cm³/mol. The first-order valence-corrected chi connectivity index (χ1v) is 10.0. The molecule has 1 aromatic carbocycles. The number of carbonyl (C=O) groups is 1. The first kappa shape index (κ1) is 18.7. The van der Waals surface area contributed by atoms with E-state index < -0.39 is 10.0 Å². The number of carbonyl (C=O) groups excluding carboxylic acids is 1. The minimum Gasteiger partial charge on any atom is -0.338 e. The molecule has 7 heteroatoms. The van der Waals surface area contributed by atoms with Crippen LogP contribution in [0.25, 0.3) is 0 Å². The number of urea groups is 1. The van der Waals surface area contributed by atoms with Crippen LogP contribution in [0, 0.1) is 0 Å². The third-order valence-corrected chi connectivity index (χ3v) is 6.38. The predicted octanol–water partition coefficient (Wildman–Crippen LogP) is 3.17. The second kappa shape index (κ2) is 8.48. The van der Waals surface area contributed by atoms with Crippen molar-refractivity contribution in [3.05, 3.63) is 24.3 Å². The third-order valence-electron chi connectivity index (χ3n) is 4.42. The van der Waals surface area contributed by atoms with Gasteiger partial charge in [0.25, 0.3) is 0 Å². The summed E-state index contributed by atoms with van der Waals surface area (Å²) in [4.78, 5) is 12.0. The van der Waals surface area contributed by atoms with E-state index in [1.165, 1.54) is 10.7 Å². The summed E-state index contributed by atoms with van der Waals surface area (Å²) in [7, 11) is -2.01. The summed E-state index contributed by atoms with van der Waals surface area (Å²) >= 11 is 0. The molecule has 1 saturated carbocycles. The van der Waals surface area contributed by atoms with Gasteiger partial charge in [-0.1, -0.05) is 38.3 Å². The van der Waals surface area contributed by atoms with Crippen LogP contribution >= 0.6 is 0 Å². The number of sulfonamides is 1. The summed E-state index contributed by atoms with van der Waals surface area (Å²) in [6, 6.07) is 6.20. The molecule has 0 saturated heterocycles. The van der Waals surface area contributed by atoms with Gasteiger partial charge in [-0.15, -0.1) is 0 Å². The van der Waals surface area contributed by atoms with E-state index in [1.54, 1.807) is 31.3 Å².